The number of nitrogens with one attached hydrogen (secondary N) is 1. The van der Waals surface area contributed by atoms with Gasteiger partial charge in [-0.25, -0.2) is 5.43 Å². The van der Waals surface area contributed by atoms with Crippen LogP contribution in [0.5, 0.6) is 5.75 Å². The monoisotopic (exact) mass is 439 g/mol. The van der Waals surface area contributed by atoms with Gasteiger partial charge in [-0.2, -0.15) is 5.10 Å². The first-order chi connectivity index (χ1) is 12.3. The van der Waals surface area contributed by atoms with Gasteiger partial charge in [-0.3, -0.25) is 14.9 Å². The summed E-state index contributed by atoms with van der Waals surface area (Å²) in [7, 11) is 0. The highest BCUT2D eigenvalue weighted by Crippen LogP contribution is 2.27. The van der Waals surface area contributed by atoms with Crippen LogP contribution in [-0.2, 0) is 4.79 Å². The molecule has 0 saturated heterocycles. The molecule has 7 nitrogen and oxygen atoms in total. The highest BCUT2D eigenvalue weighted by molar-refractivity contribution is 9.10. The van der Waals surface area contributed by atoms with Crippen molar-refractivity contribution in [1.29, 1.82) is 0 Å². The zero-order valence-electron chi connectivity index (χ0n) is 13.9. The number of benzene rings is 2. The second-order valence-corrected chi connectivity index (χ2v) is 6.66. The molecule has 0 fully saturated rings. The summed E-state index contributed by atoms with van der Waals surface area (Å²) in [6.45, 7) is 3.53. The fourth-order valence-corrected chi connectivity index (χ4v) is 2.73. The Labute approximate surface area is 163 Å². The molecule has 1 amide bonds. The summed E-state index contributed by atoms with van der Waals surface area (Å²) >= 11 is 9.12. The molecule has 0 aliphatic rings. The highest BCUT2D eigenvalue weighted by Gasteiger charge is 2.16. The van der Waals surface area contributed by atoms with Gasteiger partial charge in [0.05, 0.1) is 15.6 Å². The van der Waals surface area contributed by atoms with Crippen LogP contribution < -0.4 is 10.2 Å². The number of nitro benzene ring substituents is 1. The number of rotatable bonds is 6. The SMILES string of the molecule is Cc1ccc(O[C@H](C)C(=O)NN=Cc2ccc(Cl)c([N+](=O)[O-])c2)c(Br)c1. The van der Waals surface area contributed by atoms with Crippen LogP contribution in [0.3, 0.4) is 0 Å². The lowest BCUT2D eigenvalue weighted by Gasteiger charge is -2.14. The van der Waals surface area contributed by atoms with Gasteiger partial charge < -0.3 is 4.74 Å². The summed E-state index contributed by atoms with van der Waals surface area (Å²) in [6.07, 6.45) is 0.501. The molecule has 2 aromatic rings. The molecule has 2 aromatic carbocycles. The van der Waals surface area contributed by atoms with E-state index in [9.17, 15) is 14.9 Å². The molecule has 0 aliphatic carbocycles. The van der Waals surface area contributed by atoms with Crippen LogP contribution in [0.15, 0.2) is 46.0 Å². The molecule has 0 aromatic heterocycles. The van der Waals surface area contributed by atoms with E-state index in [2.05, 4.69) is 26.5 Å². The number of nitro groups is 1. The first-order valence-corrected chi connectivity index (χ1v) is 8.64. The van der Waals surface area contributed by atoms with E-state index in [1.54, 1.807) is 19.1 Å². The van der Waals surface area contributed by atoms with Gasteiger partial charge in [-0.05, 0) is 53.5 Å². The molecule has 9 heteroatoms. The van der Waals surface area contributed by atoms with Crippen LogP contribution in [0.1, 0.15) is 18.1 Å². The van der Waals surface area contributed by atoms with Gasteiger partial charge in [0.2, 0.25) is 0 Å². The van der Waals surface area contributed by atoms with Crippen molar-refractivity contribution < 1.29 is 14.5 Å². The van der Waals surface area contributed by atoms with Crippen molar-refractivity contribution in [3.63, 3.8) is 0 Å². The van der Waals surface area contributed by atoms with Gasteiger partial charge in [-0.1, -0.05) is 23.7 Å². The number of amides is 1. The van der Waals surface area contributed by atoms with E-state index in [0.717, 1.165) is 10.0 Å². The topological polar surface area (TPSA) is 93.8 Å². The van der Waals surface area contributed by atoms with Crippen LogP contribution in [0.4, 0.5) is 5.69 Å². The van der Waals surface area contributed by atoms with Gasteiger partial charge in [-0.15, -0.1) is 0 Å². The fraction of sp³-hybridized carbons (Fsp3) is 0.176. The van der Waals surface area contributed by atoms with E-state index in [1.165, 1.54) is 18.3 Å². The number of carbonyl (C=O) groups excluding carboxylic acids is 1. The van der Waals surface area contributed by atoms with Crippen LogP contribution in [0, 0.1) is 17.0 Å². The Kier molecular flexibility index (Phi) is 6.70. The fourth-order valence-electron chi connectivity index (χ4n) is 1.96. The predicted molar refractivity (Wildman–Crippen MR) is 103 cm³/mol. The maximum absolute atomic E-state index is 12.1. The normalized spacial score (nSPS) is 12.0. The lowest BCUT2D eigenvalue weighted by Crippen LogP contribution is -2.33. The molecule has 2 rings (SSSR count). The average Bonchev–Trinajstić information content (AvgIpc) is 2.58. The quantitative estimate of drug-likeness (QED) is 0.413. The van der Waals surface area contributed by atoms with Crippen molar-refractivity contribution in [3.8, 4) is 5.75 Å². The van der Waals surface area contributed by atoms with Gasteiger partial charge in [0.15, 0.2) is 6.10 Å². The van der Waals surface area contributed by atoms with E-state index in [-0.39, 0.29) is 10.7 Å². The Morgan fingerprint density at radius 2 is 2.12 bits per heavy atom. The van der Waals surface area contributed by atoms with E-state index in [4.69, 9.17) is 16.3 Å². The molecule has 0 bridgehead atoms. The maximum Gasteiger partial charge on any atom is 0.288 e. The van der Waals surface area contributed by atoms with Crippen molar-refractivity contribution in [2.24, 2.45) is 5.10 Å². The van der Waals surface area contributed by atoms with Crippen molar-refractivity contribution in [2.45, 2.75) is 20.0 Å². The molecular weight excluding hydrogens is 426 g/mol. The van der Waals surface area contributed by atoms with Gasteiger partial charge in [0, 0.05) is 11.6 Å². The third kappa shape index (κ3) is 5.27. The Balaban J connectivity index is 1.98. The molecular formula is C17H15BrClN3O4. The minimum absolute atomic E-state index is 0.0295. The minimum atomic E-state index is -0.786. The number of carbonyl (C=O) groups is 1. The van der Waals surface area contributed by atoms with E-state index in [0.29, 0.717) is 11.3 Å². The van der Waals surface area contributed by atoms with Gasteiger partial charge in [0.25, 0.3) is 11.6 Å². The molecule has 136 valence electrons. The molecule has 1 N–H and O–H groups in total. The second-order valence-electron chi connectivity index (χ2n) is 5.40. The first-order valence-electron chi connectivity index (χ1n) is 7.47. The zero-order chi connectivity index (χ0) is 19.3. The number of halogens is 2. The highest BCUT2D eigenvalue weighted by atomic mass is 79.9. The Morgan fingerprint density at radius 3 is 2.77 bits per heavy atom. The smallest absolute Gasteiger partial charge is 0.288 e. The number of hydrogen-bond donors (Lipinski definition) is 1. The number of aryl methyl sites for hydroxylation is 1. The molecule has 0 radical (unpaired) electrons. The standard InChI is InChI=1S/C17H15BrClN3O4/c1-10-3-6-16(13(18)7-10)26-11(2)17(23)21-20-9-12-4-5-14(19)15(8-12)22(24)25/h3-9,11H,1-2H3,(H,21,23)/t11-/m1/s1. The van der Waals surface area contributed by atoms with E-state index < -0.39 is 16.9 Å². The summed E-state index contributed by atoms with van der Waals surface area (Å²) in [5.41, 5.74) is 3.58. The number of ether oxygens (including phenoxy) is 1. The van der Waals surface area contributed by atoms with Crippen LogP contribution in [0.25, 0.3) is 0 Å². The van der Waals surface area contributed by atoms with Crippen molar-refractivity contribution in [2.75, 3.05) is 0 Å². The summed E-state index contributed by atoms with van der Waals surface area (Å²) in [5, 5.41) is 14.7. The summed E-state index contributed by atoms with van der Waals surface area (Å²) < 4.78 is 6.34. The zero-order valence-corrected chi connectivity index (χ0v) is 16.2. The molecule has 1 atom stereocenters. The lowest BCUT2D eigenvalue weighted by molar-refractivity contribution is -0.384. The average molecular weight is 441 g/mol. The molecule has 26 heavy (non-hydrogen) atoms. The number of nitrogens with zero attached hydrogens (tertiary/aromatic N) is 2. The van der Waals surface area contributed by atoms with Gasteiger partial charge >= 0.3 is 0 Å². The Bertz CT molecular complexity index is 873. The van der Waals surface area contributed by atoms with Crippen molar-refractivity contribution in [1.82, 2.24) is 5.43 Å². The molecule has 0 spiro atoms. The van der Waals surface area contributed by atoms with E-state index in [1.807, 2.05) is 19.1 Å². The molecule has 0 saturated carbocycles. The Hall–Kier alpha value is -2.45. The summed E-state index contributed by atoms with van der Waals surface area (Å²) in [5.74, 6) is 0.0766. The van der Waals surface area contributed by atoms with Crippen molar-refractivity contribution in [3.05, 3.63) is 67.1 Å². The lowest BCUT2D eigenvalue weighted by atomic mass is 10.2. The largest absolute Gasteiger partial charge is 0.480 e. The van der Waals surface area contributed by atoms with E-state index >= 15 is 0 Å². The third-order valence-electron chi connectivity index (χ3n) is 3.32. The first kappa shape index (κ1) is 19.9. The minimum Gasteiger partial charge on any atom is -0.480 e. The van der Waals surface area contributed by atoms with Crippen molar-refractivity contribution >= 4 is 45.3 Å². The molecule has 0 aliphatic heterocycles. The third-order valence-corrected chi connectivity index (χ3v) is 4.25. The van der Waals surface area contributed by atoms with Crippen LogP contribution in [0.2, 0.25) is 5.02 Å². The predicted octanol–water partition coefficient (Wildman–Crippen LogP) is 4.24. The van der Waals surface area contributed by atoms with Crippen LogP contribution in [-0.4, -0.2) is 23.1 Å². The number of hydrogen-bond acceptors (Lipinski definition) is 5. The number of hydrazone groups is 1. The summed E-state index contributed by atoms with van der Waals surface area (Å²) in [6, 6.07) is 9.72. The molecule has 0 unspecified atom stereocenters. The Morgan fingerprint density at radius 1 is 1.38 bits per heavy atom. The molecule has 0 heterocycles. The summed E-state index contributed by atoms with van der Waals surface area (Å²) in [4.78, 5) is 22.3. The van der Waals surface area contributed by atoms with Gasteiger partial charge in [0.1, 0.15) is 10.8 Å². The second kappa shape index (κ2) is 8.77. The maximum atomic E-state index is 12.1. The van der Waals surface area contributed by atoms with Crippen LogP contribution >= 0.6 is 27.5 Å².